The maximum atomic E-state index is 13.8. The molecule has 2 aliphatic carbocycles. The van der Waals surface area contributed by atoms with Gasteiger partial charge in [-0.2, -0.15) is 0 Å². The number of ketones is 1. The summed E-state index contributed by atoms with van der Waals surface area (Å²) >= 11 is 0. The Balaban J connectivity index is 1.61. The number of hydrogen-bond donors (Lipinski definition) is 5. The normalized spacial score (nSPS) is 24.5. The molecule has 1 fully saturated rings. The Kier molecular flexibility index (Phi) is 5.10. The molecule has 11 heteroatoms. The van der Waals surface area contributed by atoms with Crippen LogP contribution < -0.4 is 10.0 Å². The molecule has 3 aliphatic rings. The van der Waals surface area contributed by atoms with Crippen LogP contribution in [0.25, 0.3) is 5.76 Å². The summed E-state index contributed by atoms with van der Waals surface area (Å²) in [5, 5.41) is 14.1. The van der Waals surface area contributed by atoms with E-state index >= 15 is 0 Å². The zero-order chi connectivity index (χ0) is 24.5. The maximum Gasteiger partial charge on any atom is 0.229 e. The van der Waals surface area contributed by atoms with E-state index in [1.165, 1.54) is 18.2 Å². The molecule has 0 bridgehead atoms. The number of anilines is 2. The van der Waals surface area contributed by atoms with Gasteiger partial charge in [-0.15, -0.1) is 4.40 Å². The largest absolute Gasteiger partial charge is 0.506 e. The molecule has 34 heavy (non-hydrogen) atoms. The minimum atomic E-state index is -3.80. The Hall–Kier alpha value is -2.86. The van der Waals surface area contributed by atoms with Crippen LogP contribution in [-0.4, -0.2) is 40.5 Å². The number of sulfonamides is 1. The third kappa shape index (κ3) is 3.88. The Bertz CT molecular complexity index is 1400. The lowest BCUT2D eigenvalue weighted by atomic mass is 9.67. The summed E-state index contributed by atoms with van der Waals surface area (Å²) in [6, 6.07) is 11.4. The number of benzene rings is 2. The highest BCUT2D eigenvalue weighted by molar-refractivity contribution is 8.23. The van der Waals surface area contributed by atoms with E-state index < -0.39 is 26.2 Å². The predicted octanol–water partition coefficient (Wildman–Crippen LogP) is 4.52. The van der Waals surface area contributed by atoms with Crippen molar-refractivity contribution in [2.75, 3.05) is 16.3 Å². The van der Waals surface area contributed by atoms with Crippen molar-refractivity contribution >= 4 is 49.6 Å². The molecule has 1 aliphatic heterocycles. The first-order chi connectivity index (χ1) is 15.9. The number of fused-ring (bicyclic) bond motifs is 2. The van der Waals surface area contributed by atoms with E-state index in [1.54, 1.807) is 12.1 Å². The fourth-order valence-electron chi connectivity index (χ4n) is 4.70. The number of hydrogen-bond acceptors (Lipinski definition) is 8. The Labute approximate surface area is 199 Å². The SMILES string of the molecule is CC1(CC2CC2)C(=O)C(C2=NS(O)(O)c3cc(NS(C)(=O)=O)ccc3N2)=C(O)c2ccccc21. The molecule has 1 saturated carbocycles. The highest BCUT2D eigenvalue weighted by atomic mass is 32.3. The first-order valence-electron chi connectivity index (χ1n) is 10.7. The van der Waals surface area contributed by atoms with Gasteiger partial charge in [-0.1, -0.05) is 47.9 Å². The number of aliphatic hydroxyl groups is 1. The molecule has 0 saturated heterocycles. The molecule has 1 heterocycles. The smallest absolute Gasteiger partial charge is 0.229 e. The van der Waals surface area contributed by atoms with Gasteiger partial charge < -0.3 is 10.4 Å². The van der Waals surface area contributed by atoms with Gasteiger partial charge in [0.25, 0.3) is 0 Å². The lowest BCUT2D eigenvalue weighted by molar-refractivity contribution is -0.120. The van der Waals surface area contributed by atoms with Gasteiger partial charge in [-0.25, -0.2) is 8.42 Å². The molecule has 0 spiro atoms. The fourth-order valence-corrected chi connectivity index (χ4v) is 6.44. The van der Waals surface area contributed by atoms with Gasteiger partial charge in [0, 0.05) is 5.56 Å². The number of nitrogens with zero attached hydrogens (tertiary/aromatic N) is 1. The topological polar surface area (TPSA) is 148 Å². The van der Waals surface area contributed by atoms with Crippen LogP contribution in [0.15, 0.2) is 57.3 Å². The minimum Gasteiger partial charge on any atom is -0.506 e. The van der Waals surface area contributed by atoms with Crippen molar-refractivity contribution < 1.29 is 27.4 Å². The third-order valence-corrected chi connectivity index (χ3v) is 8.40. The molecular formula is C23H25N3O6S2. The lowest BCUT2D eigenvalue weighted by Crippen LogP contribution is -2.42. The zero-order valence-electron chi connectivity index (χ0n) is 18.6. The van der Waals surface area contributed by atoms with Crippen LogP contribution in [0.4, 0.5) is 11.4 Å². The summed E-state index contributed by atoms with van der Waals surface area (Å²) in [6.45, 7) is 1.86. The van der Waals surface area contributed by atoms with Gasteiger partial charge in [-0.3, -0.25) is 18.6 Å². The number of carbonyl (C=O) groups is 1. The summed E-state index contributed by atoms with van der Waals surface area (Å²) in [4.78, 5) is 13.8. The van der Waals surface area contributed by atoms with Crippen LogP contribution in [0.5, 0.6) is 0 Å². The number of carbonyl (C=O) groups excluding carboxylic acids is 1. The summed E-state index contributed by atoms with van der Waals surface area (Å²) in [5.41, 5.74) is 0.664. The molecule has 0 aromatic heterocycles. The second-order valence-electron chi connectivity index (χ2n) is 9.25. The Morgan fingerprint density at radius 1 is 1.21 bits per heavy atom. The van der Waals surface area contributed by atoms with E-state index in [0.29, 0.717) is 17.9 Å². The van der Waals surface area contributed by atoms with Crippen molar-refractivity contribution in [3.05, 3.63) is 59.2 Å². The number of amidine groups is 1. The summed E-state index contributed by atoms with van der Waals surface area (Å²) in [7, 11) is -7.37. The standard InChI is InChI=1S/C23H25N3O6S2/c1-23(12-13-7-8-13)16-6-4-3-5-15(16)20(27)19(21(23)28)22-24-17-10-9-14(25-33(2,29)30)11-18(17)34(31,32)26-22/h3-6,9-11,13,25,27,31-32H,7-8,12H2,1-2H3,(H,24,26). The molecule has 1 atom stereocenters. The van der Waals surface area contributed by atoms with E-state index in [4.69, 9.17) is 0 Å². The average Bonchev–Trinajstić information content (AvgIpc) is 3.55. The third-order valence-electron chi connectivity index (χ3n) is 6.42. The second kappa shape index (κ2) is 7.57. The summed E-state index contributed by atoms with van der Waals surface area (Å²) in [5.74, 6) is -0.313. The van der Waals surface area contributed by atoms with Crippen molar-refractivity contribution in [3.63, 3.8) is 0 Å². The summed E-state index contributed by atoms with van der Waals surface area (Å²) in [6.07, 6.45) is 3.71. The van der Waals surface area contributed by atoms with E-state index in [-0.39, 0.29) is 39.2 Å². The van der Waals surface area contributed by atoms with E-state index in [1.807, 2.05) is 19.1 Å². The highest BCUT2D eigenvalue weighted by Crippen LogP contribution is 2.57. The molecule has 0 radical (unpaired) electrons. The molecule has 1 unspecified atom stereocenters. The van der Waals surface area contributed by atoms with Gasteiger partial charge in [0.1, 0.15) is 16.2 Å². The molecular weight excluding hydrogens is 478 g/mol. The molecule has 0 amide bonds. The molecule has 5 N–H and O–H groups in total. The highest BCUT2D eigenvalue weighted by Gasteiger charge is 2.48. The van der Waals surface area contributed by atoms with Gasteiger partial charge in [0.2, 0.25) is 10.0 Å². The minimum absolute atomic E-state index is 0.0191. The van der Waals surface area contributed by atoms with Crippen LogP contribution >= 0.6 is 10.8 Å². The molecule has 2 aromatic carbocycles. The van der Waals surface area contributed by atoms with Crippen LogP contribution in [0.1, 0.15) is 37.3 Å². The van der Waals surface area contributed by atoms with Crippen LogP contribution in [0, 0.1) is 5.92 Å². The Morgan fingerprint density at radius 3 is 2.59 bits per heavy atom. The van der Waals surface area contributed by atoms with Crippen LogP contribution in [0.2, 0.25) is 0 Å². The second-order valence-corrected chi connectivity index (χ2v) is 12.7. The summed E-state index contributed by atoms with van der Waals surface area (Å²) < 4.78 is 51.1. The van der Waals surface area contributed by atoms with Crippen molar-refractivity contribution in [2.24, 2.45) is 10.3 Å². The first kappa shape index (κ1) is 22.9. The number of Topliss-reactive ketones (excluding diaryl/α,β-unsaturated/α-hetero) is 1. The predicted molar refractivity (Wildman–Crippen MR) is 133 cm³/mol. The van der Waals surface area contributed by atoms with Crippen molar-refractivity contribution in [1.82, 2.24) is 0 Å². The molecule has 180 valence electrons. The zero-order valence-corrected chi connectivity index (χ0v) is 20.2. The molecule has 9 nitrogen and oxygen atoms in total. The fraction of sp³-hybridized carbons (Fsp3) is 0.304. The van der Waals surface area contributed by atoms with Crippen LogP contribution in [0.3, 0.4) is 0 Å². The average molecular weight is 504 g/mol. The van der Waals surface area contributed by atoms with E-state index in [2.05, 4.69) is 14.4 Å². The molecule has 5 rings (SSSR count). The number of rotatable bonds is 5. The monoisotopic (exact) mass is 503 g/mol. The van der Waals surface area contributed by atoms with E-state index in [9.17, 15) is 27.4 Å². The lowest BCUT2D eigenvalue weighted by Gasteiger charge is -2.39. The first-order valence-corrected chi connectivity index (χ1v) is 14.1. The maximum absolute atomic E-state index is 13.8. The van der Waals surface area contributed by atoms with E-state index in [0.717, 1.165) is 24.7 Å². The van der Waals surface area contributed by atoms with Gasteiger partial charge in [0.05, 0.1) is 23.0 Å². The Morgan fingerprint density at radius 2 is 1.91 bits per heavy atom. The van der Waals surface area contributed by atoms with Gasteiger partial charge >= 0.3 is 0 Å². The van der Waals surface area contributed by atoms with Crippen molar-refractivity contribution in [1.29, 1.82) is 0 Å². The quantitative estimate of drug-likeness (QED) is 0.403. The number of aliphatic hydroxyl groups excluding tert-OH is 1. The van der Waals surface area contributed by atoms with Crippen LogP contribution in [-0.2, 0) is 20.2 Å². The van der Waals surface area contributed by atoms with Gasteiger partial charge in [-0.05, 0) is 43.0 Å². The molecule has 2 aromatic rings. The van der Waals surface area contributed by atoms with Crippen molar-refractivity contribution in [2.45, 2.75) is 36.5 Å². The van der Waals surface area contributed by atoms with Gasteiger partial charge in [0.15, 0.2) is 11.6 Å². The number of nitrogens with one attached hydrogen (secondary N) is 2. The van der Waals surface area contributed by atoms with Crippen molar-refractivity contribution in [3.8, 4) is 0 Å².